The molecular formula is C14H8BrFN2O2. The van der Waals surface area contributed by atoms with E-state index in [2.05, 4.69) is 20.9 Å². The van der Waals surface area contributed by atoms with E-state index >= 15 is 0 Å². The number of carboxylic acids is 1. The van der Waals surface area contributed by atoms with Crippen molar-refractivity contribution < 1.29 is 14.3 Å². The molecule has 0 unspecified atom stereocenters. The molecule has 100 valence electrons. The maximum Gasteiger partial charge on any atom is 0.352 e. The Balaban J connectivity index is 2.23. The van der Waals surface area contributed by atoms with Gasteiger partial charge in [0, 0.05) is 16.2 Å². The first-order valence-corrected chi connectivity index (χ1v) is 6.52. The molecule has 0 saturated carbocycles. The van der Waals surface area contributed by atoms with Crippen LogP contribution in [0.3, 0.4) is 0 Å². The van der Waals surface area contributed by atoms with Gasteiger partial charge >= 0.3 is 5.97 Å². The highest BCUT2D eigenvalue weighted by molar-refractivity contribution is 9.10. The van der Waals surface area contributed by atoms with E-state index in [-0.39, 0.29) is 11.5 Å². The zero-order valence-corrected chi connectivity index (χ0v) is 11.6. The number of halogens is 2. The van der Waals surface area contributed by atoms with E-state index in [0.717, 1.165) is 0 Å². The number of aromatic carboxylic acids is 1. The molecule has 0 aliphatic rings. The van der Waals surface area contributed by atoms with Gasteiger partial charge in [0.2, 0.25) is 0 Å². The lowest BCUT2D eigenvalue weighted by atomic mass is 10.2. The topological polar surface area (TPSA) is 54.6 Å². The molecule has 6 heteroatoms. The molecule has 0 bridgehead atoms. The van der Waals surface area contributed by atoms with Crippen LogP contribution in [-0.2, 0) is 0 Å². The summed E-state index contributed by atoms with van der Waals surface area (Å²) in [5.74, 6) is -1.38. The van der Waals surface area contributed by atoms with Gasteiger partial charge in [0.05, 0.1) is 5.69 Å². The van der Waals surface area contributed by atoms with Crippen LogP contribution < -0.4 is 0 Å². The zero-order valence-electron chi connectivity index (χ0n) is 10.0. The van der Waals surface area contributed by atoms with Crippen LogP contribution in [0.4, 0.5) is 4.39 Å². The molecule has 0 fully saturated rings. The fourth-order valence-corrected chi connectivity index (χ4v) is 2.57. The second-order valence-corrected chi connectivity index (χ2v) is 5.05. The van der Waals surface area contributed by atoms with Gasteiger partial charge in [-0.2, -0.15) is 0 Å². The molecule has 0 aliphatic carbocycles. The molecule has 2 aromatic heterocycles. The lowest BCUT2D eigenvalue weighted by Gasteiger charge is -2.00. The van der Waals surface area contributed by atoms with Gasteiger partial charge in [0.25, 0.3) is 0 Å². The molecule has 0 aliphatic heterocycles. The Morgan fingerprint density at radius 1 is 1.30 bits per heavy atom. The van der Waals surface area contributed by atoms with Crippen molar-refractivity contribution in [3.8, 4) is 11.3 Å². The quantitative estimate of drug-likeness (QED) is 0.779. The van der Waals surface area contributed by atoms with E-state index < -0.39 is 5.97 Å². The first-order valence-electron chi connectivity index (χ1n) is 5.73. The predicted octanol–water partition coefficient (Wildman–Crippen LogP) is 3.60. The van der Waals surface area contributed by atoms with Crippen LogP contribution in [0.25, 0.3) is 16.9 Å². The summed E-state index contributed by atoms with van der Waals surface area (Å²) in [5, 5.41) is 9.15. The van der Waals surface area contributed by atoms with E-state index in [4.69, 9.17) is 5.11 Å². The van der Waals surface area contributed by atoms with Crippen LogP contribution in [0.15, 0.2) is 47.1 Å². The number of carboxylic acid groups (broad SMARTS) is 1. The average molecular weight is 335 g/mol. The maximum absolute atomic E-state index is 13.1. The Kier molecular flexibility index (Phi) is 3.02. The van der Waals surface area contributed by atoms with Crippen molar-refractivity contribution >= 4 is 27.5 Å². The Morgan fingerprint density at radius 2 is 2.10 bits per heavy atom. The normalized spacial score (nSPS) is 10.9. The van der Waals surface area contributed by atoms with Crippen LogP contribution in [0.2, 0.25) is 0 Å². The van der Waals surface area contributed by atoms with Gasteiger partial charge in [-0.25, -0.2) is 14.2 Å². The molecule has 0 radical (unpaired) electrons. The number of nitrogens with zero attached hydrogens (tertiary/aromatic N) is 2. The Bertz CT molecular complexity index is 829. The zero-order chi connectivity index (χ0) is 14.3. The largest absolute Gasteiger partial charge is 0.477 e. The average Bonchev–Trinajstić information content (AvgIpc) is 2.81. The Labute approximate surface area is 121 Å². The van der Waals surface area contributed by atoms with Gasteiger partial charge in [0.1, 0.15) is 17.2 Å². The number of imidazole rings is 1. The molecule has 1 N–H and O–H groups in total. The highest BCUT2D eigenvalue weighted by Crippen LogP contribution is 2.28. The Morgan fingerprint density at radius 3 is 2.80 bits per heavy atom. The van der Waals surface area contributed by atoms with E-state index in [9.17, 15) is 9.18 Å². The van der Waals surface area contributed by atoms with Crippen molar-refractivity contribution in [2.75, 3.05) is 0 Å². The summed E-state index contributed by atoms with van der Waals surface area (Å²) in [5.41, 5.74) is 1.92. The standard InChI is InChI=1S/C14H8BrFN2O2/c15-10-6-8(16)4-5-9(10)11-7-18-12(14(19)20)2-1-3-13(18)17-11/h1-7H,(H,19,20). The number of aromatic nitrogens is 2. The van der Waals surface area contributed by atoms with Crippen molar-refractivity contribution in [1.82, 2.24) is 9.38 Å². The van der Waals surface area contributed by atoms with Gasteiger partial charge in [-0.1, -0.05) is 6.07 Å². The molecule has 0 spiro atoms. The minimum absolute atomic E-state index is 0.125. The van der Waals surface area contributed by atoms with Gasteiger partial charge in [0.15, 0.2) is 0 Å². The molecule has 4 nitrogen and oxygen atoms in total. The van der Waals surface area contributed by atoms with Gasteiger partial charge in [-0.05, 0) is 46.3 Å². The number of pyridine rings is 1. The van der Waals surface area contributed by atoms with E-state index in [1.54, 1.807) is 24.4 Å². The third kappa shape index (κ3) is 2.08. The highest BCUT2D eigenvalue weighted by atomic mass is 79.9. The van der Waals surface area contributed by atoms with Crippen LogP contribution >= 0.6 is 15.9 Å². The number of benzene rings is 1. The predicted molar refractivity (Wildman–Crippen MR) is 75.2 cm³/mol. The highest BCUT2D eigenvalue weighted by Gasteiger charge is 2.13. The van der Waals surface area contributed by atoms with E-state index in [0.29, 0.717) is 21.4 Å². The van der Waals surface area contributed by atoms with Crippen LogP contribution in [0.5, 0.6) is 0 Å². The fraction of sp³-hybridized carbons (Fsp3) is 0. The number of rotatable bonds is 2. The van der Waals surface area contributed by atoms with Crippen LogP contribution in [0, 0.1) is 5.82 Å². The summed E-state index contributed by atoms with van der Waals surface area (Å²) in [6.07, 6.45) is 1.62. The first-order chi connectivity index (χ1) is 9.56. The molecule has 2 heterocycles. The van der Waals surface area contributed by atoms with Crippen molar-refractivity contribution in [2.24, 2.45) is 0 Å². The van der Waals surface area contributed by atoms with Gasteiger partial charge < -0.3 is 5.11 Å². The molecule has 0 saturated heterocycles. The third-order valence-electron chi connectivity index (χ3n) is 2.92. The minimum atomic E-state index is -1.03. The molecule has 3 aromatic rings. The summed E-state index contributed by atoms with van der Waals surface area (Å²) in [4.78, 5) is 15.5. The number of fused-ring (bicyclic) bond motifs is 1. The number of hydrogen-bond donors (Lipinski definition) is 1. The van der Waals surface area contributed by atoms with Crippen LogP contribution in [0.1, 0.15) is 10.5 Å². The third-order valence-corrected chi connectivity index (χ3v) is 3.57. The number of hydrogen-bond acceptors (Lipinski definition) is 2. The molecular weight excluding hydrogens is 327 g/mol. The molecule has 0 atom stereocenters. The minimum Gasteiger partial charge on any atom is -0.477 e. The van der Waals surface area contributed by atoms with Crippen LogP contribution in [-0.4, -0.2) is 20.5 Å². The van der Waals surface area contributed by atoms with Crippen molar-refractivity contribution in [1.29, 1.82) is 0 Å². The smallest absolute Gasteiger partial charge is 0.352 e. The summed E-state index contributed by atoms with van der Waals surface area (Å²) in [7, 11) is 0. The second kappa shape index (κ2) is 4.72. The first kappa shape index (κ1) is 12.8. The molecule has 3 rings (SSSR count). The summed E-state index contributed by atoms with van der Waals surface area (Å²) >= 11 is 3.28. The van der Waals surface area contributed by atoms with Crippen molar-refractivity contribution in [3.05, 3.63) is 58.6 Å². The SMILES string of the molecule is O=C(O)c1cccc2nc(-c3ccc(F)cc3Br)cn12. The van der Waals surface area contributed by atoms with E-state index in [1.807, 2.05) is 0 Å². The fourth-order valence-electron chi connectivity index (χ4n) is 2.01. The molecule has 1 aromatic carbocycles. The summed E-state index contributed by atoms with van der Waals surface area (Å²) in [6.45, 7) is 0. The van der Waals surface area contributed by atoms with E-state index in [1.165, 1.54) is 22.6 Å². The second-order valence-electron chi connectivity index (χ2n) is 4.19. The summed E-state index contributed by atoms with van der Waals surface area (Å²) < 4.78 is 15.2. The number of carbonyl (C=O) groups is 1. The lowest BCUT2D eigenvalue weighted by Crippen LogP contribution is -2.03. The molecule has 20 heavy (non-hydrogen) atoms. The van der Waals surface area contributed by atoms with Crippen molar-refractivity contribution in [3.63, 3.8) is 0 Å². The van der Waals surface area contributed by atoms with Gasteiger partial charge in [-0.3, -0.25) is 4.40 Å². The maximum atomic E-state index is 13.1. The van der Waals surface area contributed by atoms with Crippen molar-refractivity contribution in [2.45, 2.75) is 0 Å². The summed E-state index contributed by atoms with van der Waals surface area (Å²) in [6, 6.07) is 9.13. The molecule has 0 amide bonds. The monoisotopic (exact) mass is 334 g/mol. The van der Waals surface area contributed by atoms with Gasteiger partial charge in [-0.15, -0.1) is 0 Å². The Hall–Kier alpha value is -2.21. The lowest BCUT2D eigenvalue weighted by molar-refractivity contribution is 0.0689.